The third-order valence-electron chi connectivity index (χ3n) is 5.64. The lowest BCUT2D eigenvalue weighted by atomic mass is 10.2. The Morgan fingerprint density at radius 2 is 1.86 bits per heavy atom. The number of aromatic nitrogens is 2. The van der Waals surface area contributed by atoms with E-state index in [2.05, 4.69) is 15.3 Å². The van der Waals surface area contributed by atoms with Gasteiger partial charge in [-0.1, -0.05) is 41.0 Å². The van der Waals surface area contributed by atoms with Crippen molar-refractivity contribution in [2.24, 2.45) is 0 Å². The maximum absolute atomic E-state index is 13.2. The lowest BCUT2D eigenvalue weighted by molar-refractivity contribution is -0.112. The van der Waals surface area contributed by atoms with Crippen molar-refractivity contribution < 1.29 is 17.9 Å². The van der Waals surface area contributed by atoms with Gasteiger partial charge in [-0.3, -0.25) is 4.79 Å². The first-order valence-electron chi connectivity index (χ1n) is 11.0. The van der Waals surface area contributed by atoms with Gasteiger partial charge in [0.15, 0.2) is 9.84 Å². The fourth-order valence-corrected chi connectivity index (χ4v) is 6.93. The second kappa shape index (κ2) is 10.4. The Labute approximate surface area is 222 Å². The van der Waals surface area contributed by atoms with Crippen LogP contribution in [0.3, 0.4) is 0 Å². The molecular weight excluding hydrogens is 543 g/mol. The molecule has 2 aliphatic heterocycles. The minimum absolute atomic E-state index is 0.108. The molecule has 1 saturated heterocycles. The van der Waals surface area contributed by atoms with Crippen LogP contribution in [0, 0.1) is 0 Å². The number of nitrogens with one attached hydrogen (secondary N) is 1. The van der Waals surface area contributed by atoms with Crippen molar-refractivity contribution in [3.05, 3.63) is 74.9 Å². The predicted molar refractivity (Wildman–Crippen MR) is 141 cm³/mol. The summed E-state index contributed by atoms with van der Waals surface area (Å²) in [6.07, 6.45) is 3.31. The minimum Gasteiger partial charge on any atom is -0.378 e. The number of benzene rings is 2. The van der Waals surface area contributed by atoms with Crippen molar-refractivity contribution in [2.45, 2.75) is 15.5 Å². The molecule has 0 aliphatic carbocycles. The summed E-state index contributed by atoms with van der Waals surface area (Å²) in [6.45, 7) is 2.61. The minimum atomic E-state index is -3.75. The molecule has 1 amide bonds. The fraction of sp³-hybridized carbons (Fsp3) is 0.208. The smallest absolute Gasteiger partial charge is 0.262 e. The summed E-state index contributed by atoms with van der Waals surface area (Å²) in [5.74, 6) is -0.0618. The number of morpholine rings is 1. The van der Waals surface area contributed by atoms with Crippen molar-refractivity contribution >= 4 is 68.4 Å². The first kappa shape index (κ1) is 25.0. The maximum Gasteiger partial charge on any atom is 0.262 e. The van der Waals surface area contributed by atoms with E-state index in [1.807, 2.05) is 4.90 Å². The van der Waals surface area contributed by atoms with Crippen LogP contribution < -0.4 is 10.2 Å². The largest absolute Gasteiger partial charge is 0.378 e. The Kier molecular flexibility index (Phi) is 7.23. The molecule has 2 aliphatic rings. The maximum atomic E-state index is 13.2. The highest BCUT2D eigenvalue weighted by molar-refractivity contribution is 8.04. The summed E-state index contributed by atoms with van der Waals surface area (Å²) < 4.78 is 31.7. The first-order chi connectivity index (χ1) is 17.3. The highest BCUT2D eigenvalue weighted by Crippen LogP contribution is 2.40. The number of rotatable bonds is 5. The lowest BCUT2D eigenvalue weighted by Gasteiger charge is -2.26. The highest BCUT2D eigenvalue weighted by Gasteiger charge is 2.25. The van der Waals surface area contributed by atoms with E-state index in [4.69, 9.17) is 27.9 Å². The van der Waals surface area contributed by atoms with Gasteiger partial charge in [-0.05, 0) is 42.5 Å². The summed E-state index contributed by atoms with van der Waals surface area (Å²) in [7, 11) is -3.75. The third-order valence-corrected chi connectivity index (χ3v) is 9.07. The molecule has 1 N–H and O–H groups in total. The summed E-state index contributed by atoms with van der Waals surface area (Å²) in [5, 5.41) is 3.40. The van der Waals surface area contributed by atoms with Crippen molar-refractivity contribution in [1.82, 2.24) is 9.97 Å². The third kappa shape index (κ3) is 5.37. The first-order valence-corrected chi connectivity index (χ1v) is 14.2. The van der Waals surface area contributed by atoms with Gasteiger partial charge in [0.05, 0.1) is 40.1 Å². The zero-order valence-electron chi connectivity index (χ0n) is 18.8. The summed E-state index contributed by atoms with van der Waals surface area (Å²) in [6, 6.07) is 11.2. The summed E-state index contributed by atoms with van der Waals surface area (Å²) >= 11 is 13.6. The number of sulfone groups is 1. The normalized spacial score (nSPS) is 17.1. The highest BCUT2D eigenvalue weighted by atomic mass is 35.5. The molecule has 3 heterocycles. The van der Waals surface area contributed by atoms with Crippen LogP contribution in [0.2, 0.25) is 10.0 Å². The van der Waals surface area contributed by atoms with Crippen LogP contribution >= 0.6 is 35.0 Å². The number of hydrogen-bond acceptors (Lipinski definition) is 8. The molecule has 3 aromatic rings. The zero-order chi connectivity index (χ0) is 25.3. The van der Waals surface area contributed by atoms with E-state index in [0.717, 1.165) is 0 Å². The lowest BCUT2D eigenvalue weighted by Crippen LogP contribution is -2.37. The van der Waals surface area contributed by atoms with Gasteiger partial charge < -0.3 is 15.0 Å². The van der Waals surface area contributed by atoms with Gasteiger partial charge in [0.1, 0.15) is 0 Å². The number of thioether (sulfide) groups is 1. The van der Waals surface area contributed by atoms with Crippen LogP contribution in [-0.2, 0) is 25.1 Å². The monoisotopic (exact) mass is 562 g/mol. The van der Waals surface area contributed by atoms with Crippen LogP contribution in [-0.4, -0.2) is 50.6 Å². The number of hydrogen-bond donors (Lipinski definition) is 1. The zero-order valence-corrected chi connectivity index (χ0v) is 21.9. The Hall–Kier alpha value is -2.63. The molecule has 0 saturated carbocycles. The molecule has 0 spiro atoms. The van der Waals surface area contributed by atoms with Crippen LogP contribution in [0.25, 0.3) is 6.08 Å². The standard InChI is InChI=1S/C24H20Cl2N4O4S2/c25-18-2-1-3-19(26)17(18)14-36(32,33)16-4-5-20-21(13-16)35-22(23(31)29-20)12-15-6-7-27-24(28-15)30-8-10-34-11-9-30/h1-7,12-13H,8-11,14H2,(H,29,31)/b22-12+. The molecule has 186 valence electrons. The molecule has 2 aromatic carbocycles. The van der Waals surface area contributed by atoms with Gasteiger partial charge in [0.2, 0.25) is 5.95 Å². The molecule has 1 aromatic heterocycles. The van der Waals surface area contributed by atoms with Crippen LogP contribution in [0.4, 0.5) is 11.6 Å². The van der Waals surface area contributed by atoms with Gasteiger partial charge in [-0.15, -0.1) is 0 Å². The number of halogens is 2. The quantitative estimate of drug-likeness (QED) is 0.447. The Bertz CT molecular complexity index is 1450. The van der Waals surface area contributed by atoms with Crippen LogP contribution in [0.1, 0.15) is 11.3 Å². The number of nitrogens with zero attached hydrogens (tertiary/aromatic N) is 3. The molecule has 12 heteroatoms. The second-order valence-electron chi connectivity index (χ2n) is 8.06. The molecule has 1 fully saturated rings. The van der Waals surface area contributed by atoms with E-state index in [-0.39, 0.29) is 26.6 Å². The molecule has 8 nitrogen and oxygen atoms in total. The Morgan fingerprint density at radius 3 is 2.61 bits per heavy atom. The van der Waals surface area contributed by atoms with Crippen LogP contribution in [0.15, 0.2) is 63.4 Å². The van der Waals surface area contributed by atoms with E-state index in [1.54, 1.807) is 48.7 Å². The molecule has 36 heavy (non-hydrogen) atoms. The number of fused-ring (bicyclic) bond motifs is 1. The van der Waals surface area contributed by atoms with Crippen molar-refractivity contribution in [2.75, 3.05) is 36.5 Å². The molecule has 0 radical (unpaired) electrons. The van der Waals surface area contributed by atoms with E-state index >= 15 is 0 Å². The SMILES string of the molecule is O=C1Nc2ccc(S(=O)(=O)Cc3c(Cl)cccc3Cl)cc2S/C1=C/c1ccnc(N2CCOCC2)n1. The number of anilines is 2. The van der Waals surface area contributed by atoms with E-state index in [0.29, 0.717) is 59.0 Å². The Morgan fingerprint density at radius 1 is 1.11 bits per heavy atom. The van der Waals surface area contributed by atoms with E-state index in [1.165, 1.54) is 17.8 Å². The summed E-state index contributed by atoms with van der Waals surface area (Å²) in [4.78, 5) is 24.8. The van der Waals surface area contributed by atoms with Crippen molar-refractivity contribution in [3.63, 3.8) is 0 Å². The van der Waals surface area contributed by atoms with Gasteiger partial charge in [0.25, 0.3) is 5.91 Å². The molecule has 0 bridgehead atoms. The van der Waals surface area contributed by atoms with Crippen LogP contribution in [0.5, 0.6) is 0 Å². The fourth-order valence-electron chi connectivity index (χ4n) is 3.76. The molecular formula is C24H20Cl2N4O4S2. The van der Waals surface area contributed by atoms with Crippen molar-refractivity contribution in [1.29, 1.82) is 0 Å². The molecule has 5 rings (SSSR count). The predicted octanol–water partition coefficient (Wildman–Crippen LogP) is 4.68. The van der Waals surface area contributed by atoms with Gasteiger partial charge >= 0.3 is 0 Å². The summed E-state index contributed by atoms with van der Waals surface area (Å²) in [5.41, 5.74) is 1.46. The van der Waals surface area contributed by atoms with Gasteiger partial charge in [-0.25, -0.2) is 18.4 Å². The van der Waals surface area contributed by atoms with E-state index in [9.17, 15) is 13.2 Å². The number of ether oxygens (including phenoxy) is 1. The molecule has 0 atom stereocenters. The van der Waals surface area contributed by atoms with Gasteiger partial charge in [0, 0.05) is 39.8 Å². The average molecular weight is 563 g/mol. The second-order valence-corrected chi connectivity index (χ2v) is 12.0. The topological polar surface area (TPSA) is 101 Å². The Balaban J connectivity index is 1.41. The average Bonchev–Trinajstić information content (AvgIpc) is 2.87. The number of amides is 1. The number of carbonyl (C=O) groups excluding carboxylic acids is 1. The number of carbonyl (C=O) groups is 1. The van der Waals surface area contributed by atoms with Gasteiger partial charge in [-0.2, -0.15) is 0 Å². The molecule has 0 unspecified atom stereocenters. The van der Waals surface area contributed by atoms with E-state index < -0.39 is 9.84 Å². The van der Waals surface area contributed by atoms with Crippen molar-refractivity contribution in [3.8, 4) is 0 Å².